The van der Waals surface area contributed by atoms with E-state index in [0.29, 0.717) is 22.5 Å². The molecule has 1 saturated carbocycles. The summed E-state index contributed by atoms with van der Waals surface area (Å²) in [4.78, 5) is 23.7. The number of hydrogen-bond donors (Lipinski definition) is 1. The lowest BCUT2D eigenvalue weighted by Crippen LogP contribution is -2.23. The molecule has 1 heterocycles. The van der Waals surface area contributed by atoms with Gasteiger partial charge in [-0.2, -0.15) is 0 Å². The second kappa shape index (κ2) is 9.12. The van der Waals surface area contributed by atoms with Crippen LogP contribution in [0.15, 0.2) is 29.4 Å². The van der Waals surface area contributed by atoms with Gasteiger partial charge in [-0.15, -0.1) is 5.10 Å². The van der Waals surface area contributed by atoms with Gasteiger partial charge in [-0.1, -0.05) is 55.3 Å². The number of carbonyl (C=O) groups excluding carboxylic acids is 2. The van der Waals surface area contributed by atoms with E-state index in [-0.39, 0.29) is 17.7 Å². The summed E-state index contributed by atoms with van der Waals surface area (Å²) in [5.74, 6) is 0.264. The summed E-state index contributed by atoms with van der Waals surface area (Å²) in [5, 5.41) is 15.6. The fraction of sp³-hybridized carbons (Fsp3) is 0.526. The van der Waals surface area contributed by atoms with Gasteiger partial charge >= 0.3 is 0 Å². The zero-order valence-corrected chi connectivity index (χ0v) is 16.5. The third-order valence-electron chi connectivity index (χ3n) is 4.87. The Kier molecular flexibility index (Phi) is 6.60. The van der Waals surface area contributed by atoms with Gasteiger partial charge in [-0.3, -0.25) is 9.59 Å². The lowest BCUT2D eigenvalue weighted by molar-refractivity contribution is -0.119. The van der Waals surface area contributed by atoms with E-state index in [2.05, 4.69) is 20.8 Å². The number of thioether (sulfide) groups is 1. The van der Waals surface area contributed by atoms with E-state index in [1.54, 1.807) is 12.1 Å². The highest BCUT2D eigenvalue weighted by atomic mass is 32.2. The van der Waals surface area contributed by atoms with Crippen LogP contribution in [0.5, 0.6) is 0 Å². The molecule has 2 aromatic rings. The monoisotopic (exact) mass is 387 g/mol. The Morgan fingerprint density at radius 1 is 1.22 bits per heavy atom. The lowest BCUT2D eigenvalue weighted by Gasteiger charge is -2.21. The van der Waals surface area contributed by atoms with Gasteiger partial charge in [0.2, 0.25) is 11.1 Å². The first-order chi connectivity index (χ1) is 13.0. The van der Waals surface area contributed by atoms with Gasteiger partial charge in [0.05, 0.1) is 17.8 Å². The molecule has 1 aromatic carbocycles. The molecule has 1 N–H and O–H groups in total. The molecule has 1 amide bonds. The average Bonchev–Trinajstić information content (AvgIpc) is 3.15. The molecule has 1 aliphatic carbocycles. The second-order valence-electron chi connectivity index (χ2n) is 6.95. The molecule has 1 aliphatic rings. The van der Waals surface area contributed by atoms with Crippen LogP contribution >= 0.6 is 11.8 Å². The van der Waals surface area contributed by atoms with Crippen molar-refractivity contribution in [1.29, 1.82) is 0 Å². The molecule has 0 radical (unpaired) electrons. The molecular formula is C19H25N5O2S. The summed E-state index contributed by atoms with van der Waals surface area (Å²) in [5.41, 5.74) is 1.62. The van der Waals surface area contributed by atoms with E-state index in [1.165, 1.54) is 37.9 Å². The van der Waals surface area contributed by atoms with Crippen LogP contribution in [-0.4, -0.2) is 37.7 Å². The van der Waals surface area contributed by atoms with Crippen LogP contribution in [0.2, 0.25) is 0 Å². The normalized spacial score (nSPS) is 16.1. The number of rotatable bonds is 7. The Bertz CT molecular complexity index is 784. The van der Waals surface area contributed by atoms with Crippen molar-refractivity contribution in [3.8, 4) is 0 Å². The van der Waals surface area contributed by atoms with E-state index in [0.717, 1.165) is 18.4 Å². The Morgan fingerprint density at radius 3 is 2.59 bits per heavy atom. The summed E-state index contributed by atoms with van der Waals surface area (Å²) in [6, 6.07) is 7.64. The minimum atomic E-state index is -0.0823. The van der Waals surface area contributed by atoms with E-state index in [9.17, 15) is 9.59 Å². The predicted octanol–water partition coefficient (Wildman–Crippen LogP) is 3.35. The molecular weight excluding hydrogens is 362 g/mol. The largest absolute Gasteiger partial charge is 0.350 e. The third kappa shape index (κ3) is 5.15. The number of tetrazole rings is 1. The van der Waals surface area contributed by atoms with Crippen molar-refractivity contribution in [2.45, 2.75) is 63.2 Å². The van der Waals surface area contributed by atoms with E-state index >= 15 is 0 Å². The van der Waals surface area contributed by atoms with Crippen LogP contribution < -0.4 is 5.32 Å². The van der Waals surface area contributed by atoms with Gasteiger partial charge in [0.1, 0.15) is 0 Å². The summed E-state index contributed by atoms with van der Waals surface area (Å²) < 4.78 is 1.88. The molecule has 1 atom stereocenters. The maximum Gasteiger partial charge on any atom is 0.217 e. The van der Waals surface area contributed by atoms with Gasteiger partial charge in [0.15, 0.2) is 5.78 Å². The van der Waals surface area contributed by atoms with Crippen LogP contribution in [0.25, 0.3) is 0 Å². The molecule has 1 aromatic heterocycles. The Balaban J connectivity index is 1.58. The molecule has 3 rings (SSSR count). The fourth-order valence-corrected chi connectivity index (χ4v) is 4.23. The maximum atomic E-state index is 12.5. The number of carbonyl (C=O) groups is 2. The zero-order valence-electron chi connectivity index (χ0n) is 15.7. The molecule has 0 saturated heterocycles. The van der Waals surface area contributed by atoms with Gasteiger partial charge in [0.25, 0.3) is 0 Å². The smallest absolute Gasteiger partial charge is 0.217 e. The summed E-state index contributed by atoms with van der Waals surface area (Å²) in [6.45, 7) is 3.41. The number of aromatic nitrogens is 4. The average molecular weight is 388 g/mol. The van der Waals surface area contributed by atoms with Crippen molar-refractivity contribution < 1.29 is 9.59 Å². The van der Waals surface area contributed by atoms with Crippen molar-refractivity contribution in [2.24, 2.45) is 0 Å². The van der Waals surface area contributed by atoms with Crippen molar-refractivity contribution in [2.75, 3.05) is 5.75 Å². The van der Waals surface area contributed by atoms with Crippen LogP contribution in [0.3, 0.4) is 0 Å². The summed E-state index contributed by atoms with van der Waals surface area (Å²) in [6.07, 6.45) is 5.88. The van der Waals surface area contributed by atoms with Crippen LogP contribution in [-0.2, 0) is 4.79 Å². The van der Waals surface area contributed by atoms with E-state index in [1.807, 2.05) is 23.7 Å². The predicted molar refractivity (Wildman–Crippen MR) is 104 cm³/mol. The Morgan fingerprint density at radius 2 is 1.93 bits per heavy atom. The highest BCUT2D eigenvalue weighted by Crippen LogP contribution is 2.30. The van der Waals surface area contributed by atoms with Gasteiger partial charge in [0, 0.05) is 12.5 Å². The number of Topliss-reactive ketones (excluding diaryl/α,β-unsaturated/α-hetero) is 1. The fourth-order valence-electron chi connectivity index (χ4n) is 3.39. The Hall–Kier alpha value is -2.22. The molecule has 8 heteroatoms. The number of ketones is 1. The highest BCUT2D eigenvalue weighted by Gasteiger charge is 2.21. The molecule has 0 unspecified atom stereocenters. The third-order valence-corrected chi connectivity index (χ3v) is 5.80. The second-order valence-corrected chi connectivity index (χ2v) is 7.90. The van der Waals surface area contributed by atoms with Gasteiger partial charge in [-0.05, 0) is 35.8 Å². The molecule has 0 spiro atoms. The standard InChI is InChI=1S/C19H25N5O2S/c1-13(20-14(2)25)15-8-10-16(11-9-15)18(26)12-27-19-21-22-23-24(19)17-6-4-3-5-7-17/h8-11,13,17H,3-7,12H2,1-2H3,(H,20,25)/t13-/m1/s1. The van der Waals surface area contributed by atoms with Crippen molar-refractivity contribution in [3.05, 3.63) is 35.4 Å². The first-order valence-corrected chi connectivity index (χ1v) is 10.3. The van der Waals surface area contributed by atoms with E-state index < -0.39 is 0 Å². The van der Waals surface area contributed by atoms with Crippen molar-refractivity contribution in [1.82, 2.24) is 25.5 Å². The zero-order chi connectivity index (χ0) is 19.2. The van der Waals surface area contributed by atoms with Crippen LogP contribution in [0.4, 0.5) is 0 Å². The molecule has 27 heavy (non-hydrogen) atoms. The van der Waals surface area contributed by atoms with E-state index in [4.69, 9.17) is 0 Å². The minimum Gasteiger partial charge on any atom is -0.350 e. The highest BCUT2D eigenvalue weighted by molar-refractivity contribution is 7.99. The maximum absolute atomic E-state index is 12.5. The SMILES string of the molecule is CC(=O)N[C@H](C)c1ccc(C(=O)CSc2nnnn2C2CCCCC2)cc1. The first-order valence-electron chi connectivity index (χ1n) is 9.35. The summed E-state index contributed by atoms with van der Waals surface area (Å²) >= 11 is 1.39. The van der Waals surface area contributed by atoms with Crippen molar-refractivity contribution >= 4 is 23.5 Å². The molecule has 0 bridgehead atoms. The number of amides is 1. The molecule has 1 fully saturated rings. The lowest BCUT2D eigenvalue weighted by atomic mass is 9.96. The number of benzene rings is 1. The van der Waals surface area contributed by atoms with Crippen LogP contribution in [0.1, 0.15) is 74.0 Å². The topological polar surface area (TPSA) is 89.8 Å². The number of nitrogens with one attached hydrogen (secondary N) is 1. The molecule has 0 aliphatic heterocycles. The van der Waals surface area contributed by atoms with Crippen LogP contribution in [0, 0.1) is 0 Å². The quantitative estimate of drug-likeness (QED) is 0.579. The minimum absolute atomic E-state index is 0.0388. The molecule has 144 valence electrons. The van der Waals surface area contributed by atoms with Crippen molar-refractivity contribution in [3.63, 3.8) is 0 Å². The number of nitrogens with zero attached hydrogens (tertiary/aromatic N) is 4. The molecule has 7 nitrogen and oxygen atoms in total. The number of hydrogen-bond acceptors (Lipinski definition) is 6. The first kappa shape index (κ1) is 19.5. The van der Waals surface area contributed by atoms with Gasteiger partial charge < -0.3 is 5.32 Å². The Labute approximate surface area is 163 Å². The van der Waals surface area contributed by atoms with Gasteiger partial charge in [-0.25, -0.2) is 4.68 Å². The summed E-state index contributed by atoms with van der Waals surface area (Å²) in [7, 11) is 0.